The van der Waals surface area contributed by atoms with Gasteiger partial charge in [-0.05, 0) is 61.4 Å². The third-order valence-corrected chi connectivity index (χ3v) is 7.82. The van der Waals surface area contributed by atoms with Crippen molar-refractivity contribution < 1.29 is 23.8 Å². The Hall–Kier alpha value is -3.19. The summed E-state index contributed by atoms with van der Waals surface area (Å²) in [4.78, 5) is 33.8. The summed E-state index contributed by atoms with van der Waals surface area (Å²) < 4.78 is 16.6. The first kappa shape index (κ1) is 25.1. The minimum atomic E-state index is -0.504. The summed E-state index contributed by atoms with van der Waals surface area (Å²) in [6, 6.07) is 3.69. The van der Waals surface area contributed by atoms with Crippen LogP contribution >= 0.6 is 11.6 Å². The number of anilines is 2. The third-order valence-electron chi connectivity index (χ3n) is 7.48. The maximum absolute atomic E-state index is 12.4. The van der Waals surface area contributed by atoms with E-state index in [9.17, 15) is 9.59 Å². The minimum absolute atomic E-state index is 0.114. The van der Waals surface area contributed by atoms with E-state index in [4.69, 9.17) is 37.3 Å². The van der Waals surface area contributed by atoms with Crippen molar-refractivity contribution in [2.75, 3.05) is 43.1 Å². The lowest BCUT2D eigenvalue weighted by Crippen LogP contribution is -2.32. The number of hydrogen-bond acceptors (Lipinski definition) is 10. The fourth-order valence-corrected chi connectivity index (χ4v) is 5.29. The van der Waals surface area contributed by atoms with Crippen LogP contribution in [-0.4, -0.2) is 66.5 Å². The number of amides is 2. The number of nitrogens with two attached hydrogens (primary N) is 2. The lowest BCUT2D eigenvalue weighted by atomic mass is 10.0. The molecular weight excluding hydrogens is 514 g/mol. The summed E-state index contributed by atoms with van der Waals surface area (Å²) in [7, 11) is 0. The number of fused-ring (bicyclic) bond motifs is 2. The van der Waals surface area contributed by atoms with Crippen molar-refractivity contribution in [3.63, 3.8) is 0 Å². The lowest BCUT2D eigenvalue weighted by molar-refractivity contribution is -0.118. The second kappa shape index (κ2) is 9.84. The van der Waals surface area contributed by atoms with Gasteiger partial charge < -0.3 is 36.3 Å². The quantitative estimate of drug-likeness (QED) is 0.340. The summed E-state index contributed by atoms with van der Waals surface area (Å²) >= 11 is 6.57. The van der Waals surface area contributed by atoms with Gasteiger partial charge in [0.25, 0.3) is 11.8 Å². The fourth-order valence-electron chi connectivity index (χ4n) is 5.00. The highest BCUT2D eigenvalue weighted by atomic mass is 35.5. The Bertz CT molecular complexity index is 1270. The summed E-state index contributed by atoms with van der Waals surface area (Å²) in [6.45, 7) is 2.05. The average Bonchev–Trinajstić information content (AvgIpc) is 3.39. The molecule has 1 saturated carbocycles. The standard InChI is InChI=1S/C25H30ClN7O5/c26-18-7-15(37-12-25(28)2-3-25)6-17-16(18)5-13(21(17)27)8-29-4-1-14-10-33(24(35)38-14)19-9-30-23-22(31-19)32-20(34)11-36-23/h6-7,9,13-14,21,29H,1-5,8,10-12,27-28H2,(H,31,32,34). The van der Waals surface area contributed by atoms with Crippen molar-refractivity contribution in [1.82, 2.24) is 15.3 Å². The molecule has 0 spiro atoms. The number of halogens is 1. The van der Waals surface area contributed by atoms with Crippen LogP contribution in [0.15, 0.2) is 18.3 Å². The van der Waals surface area contributed by atoms with E-state index in [0.29, 0.717) is 49.3 Å². The fraction of sp³-hybridized carbons (Fsp3) is 0.520. The molecule has 12 nitrogen and oxygen atoms in total. The maximum Gasteiger partial charge on any atom is 0.415 e. The Kier molecular flexibility index (Phi) is 6.50. The molecule has 3 atom stereocenters. The van der Waals surface area contributed by atoms with Crippen LogP contribution in [0.4, 0.5) is 16.4 Å². The lowest BCUT2D eigenvalue weighted by Gasteiger charge is -2.18. The molecule has 2 aromatic rings. The number of aromatic nitrogens is 2. The molecule has 1 aromatic heterocycles. The molecule has 1 aromatic carbocycles. The molecule has 0 radical (unpaired) electrons. The Balaban J connectivity index is 0.986. The van der Waals surface area contributed by atoms with Crippen LogP contribution in [0, 0.1) is 5.92 Å². The number of ether oxygens (including phenoxy) is 3. The summed E-state index contributed by atoms with van der Waals surface area (Å²) in [5.74, 6) is 1.28. The molecular formula is C25H30ClN7O5. The van der Waals surface area contributed by atoms with E-state index < -0.39 is 6.09 Å². The second-order valence-electron chi connectivity index (χ2n) is 10.4. The summed E-state index contributed by atoms with van der Waals surface area (Å²) in [5.41, 5.74) is 14.6. The monoisotopic (exact) mass is 543 g/mol. The van der Waals surface area contributed by atoms with Crippen molar-refractivity contribution in [2.24, 2.45) is 17.4 Å². The Labute approximate surface area is 224 Å². The SMILES string of the molecule is NC1c2cc(OCC3(N)CC3)cc(Cl)c2CC1CNCCC1CN(c2cnc3c(n2)NC(=O)CO3)C(=O)O1. The highest BCUT2D eigenvalue weighted by molar-refractivity contribution is 6.31. The third kappa shape index (κ3) is 5.08. The molecule has 3 unspecified atom stereocenters. The van der Waals surface area contributed by atoms with Gasteiger partial charge in [0.1, 0.15) is 18.5 Å². The van der Waals surface area contributed by atoms with Gasteiger partial charge in [-0.3, -0.25) is 9.69 Å². The predicted octanol–water partition coefficient (Wildman–Crippen LogP) is 1.51. The molecule has 4 aliphatic rings. The predicted molar refractivity (Wildman–Crippen MR) is 138 cm³/mol. The van der Waals surface area contributed by atoms with E-state index in [0.717, 1.165) is 30.4 Å². The zero-order chi connectivity index (χ0) is 26.4. The minimum Gasteiger partial charge on any atom is -0.492 e. The van der Waals surface area contributed by atoms with Gasteiger partial charge in [0.15, 0.2) is 18.2 Å². The number of rotatable bonds is 9. The van der Waals surface area contributed by atoms with Crippen LogP contribution < -0.4 is 36.5 Å². The molecule has 2 amide bonds. The highest BCUT2D eigenvalue weighted by Gasteiger charge is 2.39. The normalized spacial score (nSPS) is 24.8. The molecule has 2 aliphatic carbocycles. The highest BCUT2D eigenvalue weighted by Crippen LogP contribution is 2.41. The first-order valence-corrected chi connectivity index (χ1v) is 13.1. The number of carbonyl (C=O) groups is 2. The molecule has 202 valence electrons. The second-order valence-corrected chi connectivity index (χ2v) is 10.8. The number of carbonyl (C=O) groups excluding carboxylic acids is 2. The van der Waals surface area contributed by atoms with Crippen LogP contribution in [0.5, 0.6) is 11.6 Å². The van der Waals surface area contributed by atoms with Gasteiger partial charge in [-0.2, -0.15) is 0 Å². The maximum atomic E-state index is 12.4. The van der Waals surface area contributed by atoms with Crippen LogP contribution in [0.2, 0.25) is 5.02 Å². The van der Waals surface area contributed by atoms with Gasteiger partial charge in [0, 0.05) is 17.6 Å². The number of nitrogens with one attached hydrogen (secondary N) is 2. The van der Waals surface area contributed by atoms with Gasteiger partial charge in [-0.1, -0.05) is 11.6 Å². The van der Waals surface area contributed by atoms with E-state index in [1.807, 2.05) is 12.1 Å². The van der Waals surface area contributed by atoms with Gasteiger partial charge >= 0.3 is 6.09 Å². The van der Waals surface area contributed by atoms with Crippen molar-refractivity contribution in [3.05, 3.63) is 34.5 Å². The van der Waals surface area contributed by atoms with Crippen molar-refractivity contribution >= 4 is 35.2 Å². The van der Waals surface area contributed by atoms with Crippen molar-refractivity contribution in [1.29, 1.82) is 0 Å². The van der Waals surface area contributed by atoms with E-state index in [-0.39, 0.29) is 47.8 Å². The first-order chi connectivity index (χ1) is 18.3. The number of cyclic esters (lactones) is 1. The van der Waals surface area contributed by atoms with E-state index in [2.05, 4.69) is 20.6 Å². The molecule has 13 heteroatoms. The van der Waals surface area contributed by atoms with Crippen molar-refractivity contribution in [2.45, 2.75) is 43.4 Å². The smallest absolute Gasteiger partial charge is 0.415 e. The van der Waals surface area contributed by atoms with Gasteiger partial charge in [0.05, 0.1) is 18.3 Å². The topological polar surface area (TPSA) is 167 Å². The average molecular weight is 544 g/mol. The molecule has 6 rings (SSSR count). The molecule has 2 aliphatic heterocycles. The van der Waals surface area contributed by atoms with Crippen LogP contribution in [-0.2, 0) is 16.0 Å². The van der Waals surface area contributed by atoms with Gasteiger partial charge in [-0.15, -0.1) is 0 Å². The largest absolute Gasteiger partial charge is 0.492 e. The molecule has 2 fully saturated rings. The molecule has 0 bridgehead atoms. The van der Waals surface area contributed by atoms with Crippen molar-refractivity contribution in [3.8, 4) is 11.6 Å². The zero-order valence-corrected chi connectivity index (χ0v) is 21.5. The molecule has 6 N–H and O–H groups in total. The van der Waals surface area contributed by atoms with E-state index in [1.165, 1.54) is 11.1 Å². The Morgan fingerprint density at radius 2 is 2.16 bits per heavy atom. The zero-order valence-electron chi connectivity index (χ0n) is 20.7. The van der Waals surface area contributed by atoms with Crippen LogP contribution in [0.3, 0.4) is 0 Å². The Morgan fingerprint density at radius 1 is 1.32 bits per heavy atom. The van der Waals surface area contributed by atoms with Crippen LogP contribution in [0.25, 0.3) is 0 Å². The molecule has 38 heavy (non-hydrogen) atoms. The summed E-state index contributed by atoms with van der Waals surface area (Å²) in [6.07, 6.45) is 3.98. The summed E-state index contributed by atoms with van der Waals surface area (Å²) in [5, 5.41) is 6.72. The number of benzene rings is 1. The van der Waals surface area contributed by atoms with Gasteiger partial charge in [-0.25, -0.2) is 14.8 Å². The Morgan fingerprint density at radius 3 is 2.97 bits per heavy atom. The van der Waals surface area contributed by atoms with E-state index >= 15 is 0 Å². The number of hydrogen-bond donors (Lipinski definition) is 4. The van der Waals surface area contributed by atoms with Gasteiger partial charge in [0.2, 0.25) is 0 Å². The van der Waals surface area contributed by atoms with E-state index in [1.54, 1.807) is 0 Å². The van der Waals surface area contributed by atoms with Crippen LogP contribution in [0.1, 0.15) is 36.4 Å². The first-order valence-electron chi connectivity index (χ1n) is 12.8. The number of nitrogens with zero attached hydrogens (tertiary/aromatic N) is 3. The molecule has 1 saturated heterocycles. The molecule has 3 heterocycles.